The second-order valence-electron chi connectivity index (χ2n) is 5.85. The molecule has 0 spiro atoms. The summed E-state index contributed by atoms with van der Waals surface area (Å²) in [4.78, 5) is 13.2. The van der Waals surface area contributed by atoms with Gasteiger partial charge < -0.3 is 10.6 Å². The number of benzene rings is 2. The number of nitrogens with two attached hydrogens (primary N) is 1. The highest BCUT2D eigenvalue weighted by molar-refractivity contribution is 5.78. The molecule has 146 valence electrons. The van der Waals surface area contributed by atoms with E-state index < -0.39 is 35.9 Å². The second-order valence-corrected chi connectivity index (χ2v) is 5.85. The fraction of sp³-hybridized carbons (Fsp3) is 0.278. The summed E-state index contributed by atoms with van der Waals surface area (Å²) in [5.41, 5.74) is 3.96. The van der Waals surface area contributed by atoms with E-state index in [1.165, 1.54) is 24.3 Å². The Morgan fingerprint density at radius 2 is 1.22 bits per heavy atom. The largest absolute Gasteiger partial charge is 0.416 e. The molecule has 9 heteroatoms. The lowest BCUT2D eigenvalue weighted by Crippen LogP contribution is -2.35. The predicted octanol–water partition coefficient (Wildman–Crippen LogP) is 4.21. The lowest BCUT2D eigenvalue weighted by atomic mass is 10.1. The minimum atomic E-state index is -4.54. The maximum Gasteiger partial charge on any atom is 0.416 e. The van der Waals surface area contributed by atoms with Gasteiger partial charge in [0.15, 0.2) is 0 Å². The Labute approximate surface area is 151 Å². The van der Waals surface area contributed by atoms with Gasteiger partial charge in [0.2, 0.25) is 5.91 Å². The average Bonchev–Trinajstić information content (AvgIpc) is 2.59. The molecule has 0 aliphatic carbocycles. The number of amides is 1. The van der Waals surface area contributed by atoms with Crippen LogP contribution in [-0.4, -0.2) is 17.4 Å². The molecule has 0 aliphatic heterocycles. The minimum absolute atomic E-state index is 0.193. The Hall–Kier alpha value is -2.55. The molecule has 2 rings (SSSR count). The smallest absolute Gasteiger partial charge is 0.333 e. The maximum absolute atomic E-state index is 12.8. The second kappa shape index (κ2) is 7.99. The number of halogens is 6. The van der Waals surface area contributed by atoms with Crippen molar-refractivity contribution < 1.29 is 31.1 Å². The van der Waals surface area contributed by atoms with Gasteiger partial charge in [-0.25, -0.2) is 0 Å². The first kappa shape index (κ1) is 20.8. The van der Waals surface area contributed by atoms with Crippen molar-refractivity contribution >= 4 is 5.91 Å². The third-order valence-corrected chi connectivity index (χ3v) is 3.78. The van der Waals surface area contributed by atoms with Crippen LogP contribution < -0.4 is 5.73 Å². The molecule has 0 heterocycles. The Kier molecular flexibility index (Phi) is 6.15. The number of hydrogen-bond donors (Lipinski definition) is 1. The number of hydrogen-bond acceptors (Lipinski definition) is 2. The number of carbonyl (C=O) groups excluding carboxylic acids is 1. The minimum Gasteiger partial charge on any atom is -0.333 e. The van der Waals surface area contributed by atoms with Crippen molar-refractivity contribution in [2.24, 2.45) is 5.73 Å². The van der Waals surface area contributed by atoms with Crippen molar-refractivity contribution in [3.05, 3.63) is 70.8 Å². The zero-order valence-corrected chi connectivity index (χ0v) is 13.9. The third kappa shape index (κ3) is 5.72. The van der Waals surface area contributed by atoms with Gasteiger partial charge in [-0.3, -0.25) is 4.79 Å². The van der Waals surface area contributed by atoms with Gasteiger partial charge in [-0.1, -0.05) is 24.3 Å². The molecular weight excluding hydrogens is 374 g/mol. The molecule has 1 amide bonds. The van der Waals surface area contributed by atoms with Crippen LogP contribution in [0.5, 0.6) is 0 Å². The molecule has 0 saturated carbocycles. The number of alkyl halides is 6. The molecule has 0 fully saturated rings. The van der Waals surface area contributed by atoms with E-state index in [2.05, 4.69) is 0 Å². The van der Waals surface area contributed by atoms with Crippen LogP contribution in [-0.2, 0) is 30.2 Å². The first-order valence-corrected chi connectivity index (χ1v) is 7.81. The van der Waals surface area contributed by atoms with E-state index in [1.54, 1.807) is 0 Å². The molecule has 2 aromatic carbocycles. The predicted molar refractivity (Wildman–Crippen MR) is 86.2 cm³/mol. The van der Waals surface area contributed by atoms with Gasteiger partial charge in [-0.05, 0) is 35.4 Å². The quantitative estimate of drug-likeness (QED) is 0.778. The van der Waals surface area contributed by atoms with Crippen LogP contribution in [0.2, 0.25) is 0 Å². The SMILES string of the molecule is NCC(=O)N(Cc1cccc(C(F)(F)F)c1)Cc1cccc(C(F)(F)F)c1. The molecule has 0 aliphatic rings. The van der Waals surface area contributed by atoms with Crippen LogP contribution in [0.15, 0.2) is 48.5 Å². The maximum atomic E-state index is 12.8. The molecule has 2 aromatic rings. The molecule has 3 nitrogen and oxygen atoms in total. The van der Waals surface area contributed by atoms with Crippen LogP contribution in [0.25, 0.3) is 0 Å². The molecular formula is C18H16F6N2O. The van der Waals surface area contributed by atoms with Gasteiger partial charge in [0.25, 0.3) is 0 Å². The Morgan fingerprint density at radius 1 is 0.815 bits per heavy atom. The summed E-state index contributed by atoms with van der Waals surface area (Å²) in [5.74, 6) is -0.593. The van der Waals surface area contributed by atoms with E-state index in [4.69, 9.17) is 5.73 Å². The zero-order chi connectivity index (χ0) is 20.2. The molecule has 0 bridgehead atoms. The van der Waals surface area contributed by atoms with Crippen LogP contribution in [0.3, 0.4) is 0 Å². The highest BCUT2D eigenvalue weighted by atomic mass is 19.4. The standard InChI is InChI=1S/C18H16F6N2O/c19-17(20,21)14-5-1-3-12(7-14)10-26(16(27)9-25)11-13-4-2-6-15(8-13)18(22,23)24/h1-8H,9-11,25H2. The van der Waals surface area contributed by atoms with Crippen molar-refractivity contribution in [3.8, 4) is 0 Å². The van der Waals surface area contributed by atoms with Gasteiger partial charge in [-0.2, -0.15) is 26.3 Å². The van der Waals surface area contributed by atoms with E-state index in [-0.39, 0.29) is 24.2 Å². The first-order chi connectivity index (χ1) is 12.5. The summed E-state index contributed by atoms with van der Waals surface area (Å²) in [5, 5.41) is 0. The third-order valence-electron chi connectivity index (χ3n) is 3.78. The highest BCUT2D eigenvalue weighted by Gasteiger charge is 2.31. The number of nitrogens with zero attached hydrogens (tertiary/aromatic N) is 1. The van der Waals surface area contributed by atoms with Crippen LogP contribution in [0.4, 0.5) is 26.3 Å². The van der Waals surface area contributed by atoms with E-state index in [0.717, 1.165) is 29.2 Å². The van der Waals surface area contributed by atoms with Gasteiger partial charge in [-0.15, -0.1) is 0 Å². The van der Waals surface area contributed by atoms with Crippen molar-refractivity contribution in [2.45, 2.75) is 25.4 Å². The Balaban J connectivity index is 2.26. The summed E-state index contributed by atoms with van der Waals surface area (Å²) >= 11 is 0. The molecule has 0 radical (unpaired) electrons. The van der Waals surface area contributed by atoms with Gasteiger partial charge >= 0.3 is 12.4 Å². The van der Waals surface area contributed by atoms with E-state index in [0.29, 0.717) is 0 Å². The van der Waals surface area contributed by atoms with Crippen molar-refractivity contribution in [1.82, 2.24) is 4.90 Å². The number of carbonyl (C=O) groups is 1. The highest BCUT2D eigenvalue weighted by Crippen LogP contribution is 2.31. The Bertz CT molecular complexity index is 741. The molecule has 0 unspecified atom stereocenters. The Morgan fingerprint density at radius 3 is 1.56 bits per heavy atom. The summed E-state index contributed by atoms with van der Waals surface area (Å²) < 4.78 is 77.0. The molecule has 0 aromatic heterocycles. The fourth-order valence-corrected chi connectivity index (χ4v) is 2.49. The summed E-state index contributed by atoms with van der Waals surface area (Å²) in [6.45, 7) is -0.843. The van der Waals surface area contributed by atoms with Crippen molar-refractivity contribution in [1.29, 1.82) is 0 Å². The average molecular weight is 390 g/mol. The van der Waals surface area contributed by atoms with Crippen LogP contribution in [0.1, 0.15) is 22.3 Å². The summed E-state index contributed by atoms with van der Waals surface area (Å²) in [6.07, 6.45) is -9.08. The van der Waals surface area contributed by atoms with Crippen molar-refractivity contribution in [2.75, 3.05) is 6.54 Å². The van der Waals surface area contributed by atoms with E-state index in [9.17, 15) is 31.1 Å². The van der Waals surface area contributed by atoms with E-state index in [1.807, 2.05) is 0 Å². The number of rotatable bonds is 5. The summed E-state index contributed by atoms with van der Waals surface area (Å²) in [6, 6.07) is 8.78. The fourth-order valence-electron chi connectivity index (χ4n) is 2.49. The molecule has 27 heavy (non-hydrogen) atoms. The first-order valence-electron chi connectivity index (χ1n) is 7.81. The lowest BCUT2D eigenvalue weighted by Gasteiger charge is -2.23. The van der Waals surface area contributed by atoms with Gasteiger partial charge in [0, 0.05) is 13.1 Å². The summed E-state index contributed by atoms with van der Waals surface area (Å²) in [7, 11) is 0. The zero-order valence-electron chi connectivity index (χ0n) is 13.9. The topological polar surface area (TPSA) is 46.3 Å². The van der Waals surface area contributed by atoms with Crippen LogP contribution in [0, 0.1) is 0 Å². The van der Waals surface area contributed by atoms with Crippen molar-refractivity contribution in [3.63, 3.8) is 0 Å². The molecule has 2 N–H and O–H groups in total. The van der Waals surface area contributed by atoms with Gasteiger partial charge in [0.05, 0.1) is 17.7 Å². The van der Waals surface area contributed by atoms with Gasteiger partial charge in [0.1, 0.15) is 0 Å². The monoisotopic (exact) mass is 390 g/mol. The normalized spacial score (nSPS) is 12.1. The van der Waals surface area contributed by atoms with E-state index >= 15 is 0 Å². The lowest BCUT2D eigenvalue weighted by molar-refractivity contribution is -0.138. The molecule has 0 saturated heterocycles. The van der Waals surface area contributed by atoms with Crippen LogP contribution >= 0.6 is 0 Å². The molecule has 0 atom stereocenters.